The number of hydrogen-bond donors (Lipinski definition) is 1. The van der Waals surface area contributed by atoms with E-state index in [-0.39, 0.29) is 17.1 Å². The molecule has 0 saturated heterocycles. The van der Waals surface area contributed by atoms with Crippen LogP contribution in [0.5, 0.6) is 0 Å². The zero-order chi connectivity index (χ0) is 17.6. The van der Waals surface area contributed by atoms with Crippen LogP contribution in [0.15, 0.2) is 72.9 Å². The Kier molecular flexibility index (Phi) is 5.69. The highest BCUT2D eigenvalue weighted by Gasteiger charge is 2.18. The summed E-state index contributed by atoms with van der Waals surface area (Å²) in [5.74, 6) is -0.249. The molecule has 126 valence electrons. The number of amides is 1. The summed E-state index contributed by atoms with van der Waals surface area (Å²) in [7, 11) is 0. The molecule has 0 spiro atoms. The number of rotatable bonds is 5. The summed E-state index contributed by atoms with van der Waals surface area (Å²) < 4.78 is 0. The van der Waals surface area contributed by atoms with Crippen LogP contribution in [0.4, 0.5) is 0 Å². The van der Waals surface area contributed by atoms with E-state index in [4.69, 9.17) is 23.2 Å². The Morgan fingerprint density at radius 1 is 0.960 bits per heavy atom. The number of carbonyl (C=O) groups is 1. The van der Waals surface area contributed by atoms with Crippen molar-refractivity contribution >= 4 is 29.1 Å². The summed E-state index contributed by atoms with van der Waals surface area (Å²) in [4.78, 5) is 16.6. The number of nitrogens with one attached hydrogen (secondary N) is 1. The Morgan fingerprint density at radius 3 is 2.36 bits per heavy atom. The molecule has 25 heavy (non-hydrogen) atoms. The third-order valence-electron chi connectivity index (χ3n) is 3.86. The lowest BCUT2D eigenvalue weighted by Crippen LogP contribution is -2.30. The molecule has 0 aliphatic rings. The number of aromatic nitrogens is 1. The van der Waals surface area contributed by atoms with E-state index in [9.17, 15) is 4.79 Å². The fourth-order valence-corrected chi connectivity index (χ4v) is 2.92. The predicted molar refractivity (Wildman–Crippen MR) is 101 cm³/mol. The van der Waals surface area contributed by atoms with Gasteiger partial charge in [-0.15, -0.1) is 0 Å². The normalized spacial score (nSPS) is 11.8. The van der Waals surface area contributed by atoms with Gasteiger partial charge in [0.2, 0.25) is 0 Å². The number of benzene rings is 2. The molecular weight excluding hydrogens is 355 g/mol. The molecule has 2 aromatic carbocycles. The largest absolute Gasteiger partial charge is 0.345 e. The number of halogens is 2. The van der Waals surface area contributed by atoms with Gasteiger partial charge in [-0.25, -0.2) is 4.98 Å². The van der Waals surface area contributed by atoms with Crippen molar-refractivity contribution in [2.24, 2.45) is 0 Å². The van der Waals surface area contributed by atoms with Gasteiger partial charge in [-0.05, 0) is 41.8 Å². The van der Waals surface area contributed by atoms with E-state index in [2.05, 4.69) is 10.3 Å². The van der Waals surface area contributed by atoms with Gasteiger partial charge in [-0.1, -0.05) is 65.7 Å². The fourth-order valence-electron chi connectivity index (χ4n) is 2.59. The van der Waals surface area contributed by atoms with Crippen molar-refractivity contribution in [1.82, 2.24) is 10.3 Å². The Bertz CT molecular complexity index is 851. The Hall–Kier alpha value is -2.36. The summed E-state index contributed by atoms with van der Waals surface area (Å²) in [6, 6.07) is 20.6. The third kappa shape index (κ3) is 4.59. The van der Waals surface area contributed by atoms with E-state index in [1.807, 2.05) is 54.6 Å². The van der Waals surface area contributed by atoms with Gasteiger partial charge in [0.05, 0.1) is 11.6 Å². The molecule has 3 nitrogen and oxygen atoms in total. The second-order valence-corrected chi connectivity index (χ2v) is 6.40. The van der Waals surface area contributed by atoms with Gasteiger partial charge in [0, 0.05) is 11.2 Å². The highest BCUT2D eigenvalue weighted by molar-refractivity contribution is 6.32. The first-order valence-electron chi connectivity index (χ1n) is 7.84. The van der Waals surface area contributed by atoms with E-state index in [1.165, 1.54) is 0 Å². The van der Waals surface area contributed by atoms with Gasteiger partial charge in [-0.3, -0.25) is 4.79 Å². The van der Waals surface area contributed by atoms with Crippen molar-refractivity contribution < 1.29 is 4.79 Å². The molecule has 1 amide bonds. The summed E-state index contributed by atoms with van der Waals surface area (Å²) in [5.41, 5.74) is 2.46. The molecule has 3 aromatic rings. The minimum absolute atomic E-state index is 0.189. The highest BCUT2D eigenvalue weighted by Crippen LogP contribution is 2.21. The Balaban J connectivity index is 1.85. The standard InChI is InChI=1S/C20H16Cl2N2O/c21-16-10-8-14(9-11-16)13-18(15-5-2-1-3-6-15)24-20(25)17-7-4-12-23-19(17)22/h1-12,18H,13H2,(H,24,25). The molecule has 5 heteroatoms. The van der Waals surface area contributed by atoms with Crippen molar-refractivity contribution in [3.05, 3.63) is 99.8 Å². The zero-order valence-corrected chi connectivity index (χ0v) is 14.8. The monoisotopic (exact) mass is 370 g/mol. The topological polar surface area (TPSA) is 42.0 Å². The van der Waals surface area contributed by atoms with Crippen LogP contribution in [0.2, 0.25) is 10.2 Å². The molecule has 0 fully saturated rings. The lowest BCUT2D eigenvalue weighted by molar-refractivity contribution is 0.0936. The highest BCUT2D eigenvalue weighted by atomic mass is 35.5. The molecule has 1 aromatic heterocycles. The number of hydrogen-bond acceptors (Lipinski definition) is 2. The van der Waals surface area contributed by atoms with E-state index >= 15 is 0 Å². The number of nitrogens with zero attached hydrogens (tertiary/aromatic N) is 1. The van der Waals surface area contributed by atoms with Gasteiger partial charge in [-0.2, -0.15) is 0 Å². The maximum absolute atomic E-state index is 12.6. The van der Waals surface area contributed by atoms with Crippen LogP contribution in [0.3, 0.4) is 0 Å². The van der Waals surface area contributed by atoms with Crippen LogP contribution >= 0.6 is 23.2 Å². The summed E-state index contributed by atoms with van der Waals surface area (Å²) in [5, 5.41) is 3.94. The molecule has 1 unspecified atom stereocenters. The van der Waals surface area contributed by atoms with Crippen molar-refractivity contribution in [2.45, 2.75) is 12.5 Å². The van der Waals surface area contributed by atoms with Gasteiger partial charge >= 0.3 is 0 Å². The molecule has 1 atom stereocenters. The first-order valence-corrected chi connectivity index (χ1v) is 8.60. The lowest BCUT2D eigenvalue weighted by atomic mass is 9.98. The predicted octanol–water partition coefficient (Wildman–Crippen LogP) is 5.10. The number of carbonyl (C=O) groups excluding carboxylic acids is 1. The molecule has 1 heterocycles. The first kappa shape index (κ1) is 17.5. The molecule has 0 saturated carbocycles. The summed E-state index contributed by atoms with van der Waals surface area (Å²) >= 11 is 12.0. The molecule has 0 radical (unpaired) electrons. The Labute approximate surface area is 156 Å². The lowest BCUT2D eigenvalue weighted by Gasteiger charge is -2.20. The molecule has 0 bridgehead atoms. The maximum atomic E-state index is 12.6. The SMILES string of the molecule is O=C(NC(Cc1ccc(Cl)cc1)c1ccccc1)c1cccnc1Cl. The van der Waals surface area contributed by atoms with E-state index < -0.39 is 0 Å². The van der Waals surface area contributed by atoms with Crippen LogP contribution in [0, 0.1) is 0 Å². The first-order chi connectivity index (χ1) is 12.1. The quantitative estimate of drug-likeness (QED) is 0.634. The van der Waals surface area contributed by atoms with Crippen LogP contribution < -0.4 is 5.32 Å². The van der Waals surface area contributed by atoms with E-state index in [0.717, 1.165) is 11.1 Å². The Morgan fingerprint density at radius 2 is 1.68 bits per heavy atom. The third-order valence-corrected chi connectivity index (χ3v) is 4.42. The van der Waals surface area contributed by atoms with Crippen molar-refractivity contribution in [2.75, 3.05) is 0 Å². The van der Waals surface area contributed by atoms with Crippen molar-refractivity contribution in [3.63, 3.8) is 0 Å². The minimum atomic E-state index is -0.249. The van der Waals surface area contributed by atoms with E-state index in [1.54, 1.807) is 18.3 Å². The van der Waals surface area contributed by atoms with Crippen LogP contribution in [0.25, 0.3) is 0 Å². The summed E-state index contributed by atoms with van der Waals surface area (Å²) in [6.45, 7) is 0. The molecule has 0 aliphatic heterocycles. The zero-order valence-electron chi connectivity index (χ0n) is 13.3. The van der Waals surface area contributed by atoms with Crippen molar-refractivity contribution in [3.8, 4) is 0 Å². The van der Waals surface area contributed by atoms with Crippen LogP contribution in [-0.4, -0.2) is 10.9 Å². The van der Waals surface area contributed by atoms with Gasteiger partial charge in [0.25, 0.3) is 5.91 Å². The average Bonchev–Trinajstić information content (AvgIpc) is 2.64. The van der Waals surface area contributed by atoms with Gasteiger partial charge in [0.15, 0.2) is 0 Å². The smallest absolute Gasteiger partial charge is 0.254 e. The maximum Gasteiger partial charge on any atom is 0.254 e. The van der Waals surface area contributed by atoms with Crippen LogP contribution in [0.1, 0.15) is 27.5 Å². The number of pyridine rings is 1. The summed E-state index contributed by atoms with van der Waals surface area (Å²) in [6.07, 6.45) is 2.20. The fraction of sp³-hybridized carbons (Fsp3) is 0.100. The molecule has 1 N–H and O–H groups in total. The second kappa shape index (κ2) is 8.15. The van der Waals surface area contributed by atoms with Gasteiger partial charge in [0.1, 0.15) is 5.15 Å². The van der Waals surface area contributed by atoms with E-state index in [0.29, 0.717) is 17.0 Å². The average molecular weight is 371 g/mol. The minimum Gasteiger partial charge on any atom is -0.345 e. The molecule has 3 rings (SSSR count). The molecule has 0 aliphatic carbocycles. The van der Waals surface area contributed by atoms with Crippen molar-refractivity contribution in [1.29, 1.82) is 0 Å². The van der Waals surface area contributed by atoms with Crippen LogP contribution in [-0.2, 0) is 6.42 Å². The second-order valence-electron chi connectivity index (χ2n) is 5.61. The molecular formula is C20H16Cl2N2O. The van der Waals surface area contributed by atoms with Gasteiger partial charge < -0.3 is 5.32 Å².